The Hall–Kier alpha value is -6.05. The summed E-state index contributed by atoms with van der Waals surface area (Å²) in [6.07, 6.45) is 0. The van der Waals surface area contributed by atoms with Crippen molar-refractivity contribution in [3.05, 3.63) is 176 Å². The first-order valence-electron chi connectivity index (χ1n) is 15.8. The Morgan fingerprint density at radius 3 is 1.28 bits per heavy atom. The van der Waals surface area contributed by atoms with Crippen LogP contribution in [0.5, 0.6) is 0 Å². The Labute approximate surface area is 268 Å². The third-order valence-electron chi connectivity index (χ3n) is 9.24. The maximum Gasteiger partial charge on any atom is 0.0715 e. The van der Waals surface area contributed by atoms with Crippen molar-refractivity contribution in [2.24, 2.45) is 0 Å². The van der Waals surface area contributed by atoms with Crippen molar-refractivity contribution < 1.29 is 0 Å². The second-order valence-electron chi connectivity index (χ2n) is 12.0. The van der Waals surface area contributed by atoms with Gasteiger partial charge in [-0.25, -0.2) is 4.98 Å². The molecule has 0 unspecified atom stereocenters. The maximum absolute atomic E-state index is 5.07. The van der Waals surface area contributed by atoms with Crippen LogP contribution in [0.1, 0.15) is 0 Å². The summed E-state index contributed by atoms with van der Waals surface area (Å²) in [7, 11) is 0. The van der Waals surface area contributed by atoms with Gasteiger partial charge in [0.25, 0.3) is 0 Å². The fraction of sp³-hybridized carbons (Fsp3) is 0. The van der Waals surface area contributed by atoms with Crippen LogP contribution >= 0.6 is 0 Å². The monoisotopic (exact) mass is 583 g/mol. The van der Waals surface area contributed by atoms with Gasteiger partial charge in [0.15, 0.2) is 0 Å². The van der Waals surface area contributed by atoms with E-state index in [1.54, 1.807) is 0 Å². The Balaban J connectivity index is 1.16. The molecule has 0 aliphatic heterocycles. The molecule has 0 radical (unpaired) electrons. The van der Waals surface area contributed by atoms with E-state index in [9.17, 15) is 0 Å². The molecule has 0 aliphatic rings. The van der Waals surface area contributed by atoms with E-state index in [1.165, 1.54) is 65.7 Å². The summed E-state index contributed by atoms with van der Waals surface area (Å²) in [6.45, 7) is 0. The Kier molecular flexibility index (Phi) is 6.21. The molecule has 9 rings (SSSR count). The summed E-state index contributed by atoms with van der Waals surface area (Å²) >= 11 is 0. The first-order valence-corrected chi connectivity index (χ1v) is 15.8. The van der Waals surface area contributed by atoms with E-state index in [-0.39, 0.29) is 0 Å². The first-order chi connectivity index (χ1) is 22.8. The SMILES string of the molecule is c1ccc(-c2ccc(-c3c4ccccc4c(-c4ccc(-c5ccc6cc7ccccc7cc6n5)cc4)c4ccccc34)cc2)cc1. The number of aromatic nitrogens is 1. The molecule has 0 amide bonds. The van der Waals surface area contributed by atoms with Gasteiger partial charge in [0.2, 0.25) is 0 Å². The second-order valence-corrected chi connectivity index (χ2v) is 12.0. The molecule has 8 aromatic carbocycles. The van der Waals surface area contributed by atoms with Gasteiger partial charge in [-0.1, -0.05) is 158 Å². The molecule has 46 heavy (non-hydrogen) atoms. The largest absolute Gasteiger partial charge is 0.248 e. The predicted molar refractivity (Wildman–Crippen MR) is 196 cm³/mol. The van der Waals surface area contributed by atoms with Gasteiger partial charge in [-0.15, -0.1) is 0 Å². The van der Waals surface area contributed by atoms with Crippen molar-refractivity contribution in [2.45, 2.75) is 0 Å². The van der Waals surface area contributed by atoms with Gasteiger partial charge < -0.3 is 0 Å². The summed E-state index contributed by atoms with van der Waals surface area (Å²) in [4.78, 5) is 5.07. The number of pyridine rings is 1. The van der Waals surface area contributed by atoms with E-state index < -0.39 is 0 Å². The van der Waals surface area contributed by atoms with Gasteiger partial charge in [-0.05, 0) is 83.9 Å². The highest BCUT2D eigenvalue weighted by Crippen LogP contribution is 2.44. The van der Waals surface area contributed by atoms with Crippen LogP contribution in [-0.4, -0.2) is 4.98 Å². The fourth-order valence-electron chi connectivity index (χ4n) is 6.99. The minimum absolute atomic E-state index is 0.985. The summed E-state index contributed by atoms with van der Waals surface area (Å²) < 4.78 is 0. The van der Waals surface area contributed by atoms with Gasteiger partial charge in [0, 0.05) is 10.9 Å². The zero-order valence-corrected chi connectivity index (χ0v) is 25.2. The lowest BCUT2D eigenvalue weighted by Gasteiger charge is -2.18. The summed E-state index contributed by atoms with van der Waals surface area (Å²) in [5.74, 6) is 0. The lowest BCUT2D eigenvalue weighted by atomic mass is 9.85. The zero-order valence-electron chi connectivity index (χ0n) is 25.2. The molecular weight excluding hydrogens is 555 g/mol. The first kappa shape index (κ1) is 26.4. The van der Waals surface area contributed by atoms with E-state index in [4.69, 9.17) is 4.98 Å². The molecule has 1 nitrogen and oxygen atoms in total. The average Bonchev–Trinajstić information content (AvgIpc) is 3.13. The molecule has 0 saturated heterocycles. The lowest BCUT2D eigenvalue weighted by molar-refractivity contribution is 1.40. The van der Waals surface area contributed by atoms with Crippen molar-refractivity contribution in [1.82, 2.24) is 4.98 Å². The number of hydrogen-bond acceptors (Lipinski definition) is 1. The molecular formula is C45H29N. The minimum atomic E-state index is 0.985. The van der Waals surface area contributed by atoms with Gasteiger partial charge in [-0.3, -0.25) is 0 Å². The van der Waals surface area contributed by atoms with E-state index in [0.29, 0.717) is 0 Å². The second kappa shape index (κ2) is 10.8. The van der Waals surface area contributed by atoms with Crippen LogP contribution in [0.3, 0.4) is 0 Å². The quantitative estimate of drug-likeness (QED) is 0.188. The number of hydrogen-bond donors (Lipinski definition) is 0. The molecule has 0 saturated carbocycles. The van der Waals surface area contributed by atoms with Gasteiger partial charge >= 0.3 is 0 Å². The Bertz CT molecular complexity index is 2490. The van der Waals surface area contributed by atoms with Gasteiger partial charge in [0.05, 0.1) is 11.2 Å². The van der Waals surface area contributed by atoms with Crippen LogP contribution in [0, 0.1) is 0 Å². The highest BCUT2D eigenvalue weighted by molar-refractivity contribution is 6.21. The van der Waals surface area contributed by atoms with Gasteiger partial charge in [0.1, 0.15) is 0 Å². The molecule has 0 bridgehead atoms. The van der Waals surface area contributed by atoms with E-state index in [0.717, 1.165) is 22.2 Å². The van der Waals surface area contributed by atoms with Crippen molar-refractivity contribution in [3.8, 4) is 44.6 Å². The van der Waals surface area contributed by atoms with Crippen LogP contribution in [0.15, 0.2) is 176 Å². The van der Waals surface area contributed by atoms with E-state index in [2.05, 4.69) is 176 Å². The molecule has 0 N–H and O–H groups in total. The normalized spacial score (nSPS) is 11.5. The lowest BCUT2D eigenvalue weighted by Crippen LogP contribution is -1.91. The van der Waals surface area contributed by atoms with Crippen LogP contribution in [0.25, 0.3) is 87.9 Å². The van der Waals surface area contributed by atoms with Crippen LogP contribution in [0.2, 0.25) is 0 Å². The molecule has 9 aromatic rings. The Morgan fingerprint density at radius 1 is 0.283 bits per heavy atom. The van der Waals surface area contributed by atoms with E-state index >= 15 is 0 Å². The van der Waals surface area contributed by atoms with Gasteiger partial charge in [-0.2, -0.15) is 0 Å². The Morgan fingerprint density at radius 2 is 0.717 bits per heavy atom. The fourth-order valence-corrected chi connectivity index (χ4v) is 6.99. The smallest absolute Gasteiger partial charge is 0.0715 e. The molecule has 1 heterocycles. The van der Waals surface area contributed by atoms with Crippen LogP contribution in [0.4, 0.5) is 0 Å². The summed E-state index contributed by atoms with van der Waals surface area (Å²) in [6, 6.07) is 63.4. The average molecular weight is 584 g/mol. The number of rotatable bonds is 4. The topological polar surface area (TPSA) is 12.9 Å². The van der Waals surface area contributed by atoms with Crippen molar-refractivity contribution >= 4 is 43.2 Å². The summed E-state index contributed by atoms with van der Waals surface area (Å²) in [5, 5.41) is 8.64. The minimum Gasteiger partial charge on any atom is -0.248 e. The van der Waals surface area contributed by atoms with Crippen LogP contribution in [-0.2, 0) is 0 Å². The number of benzene rings is 8. The number of nitrogens with zero attached hydrogens (tertiary/aromatic N) is 1. The molecule has 214 valence electrons. The zero-order chi connectivity index (χ0) is 30.5. The number of fused-ring (bicyclic) bond motifs is 4. The standard InChI is InChI=1S/C45H29N/c1-2-10-30(11-3-1)31-18-22-33(23-19-31)44-38-14-6-8-16-40(38)45(41-17-9-7-15-39(41)44)34-24-20-32(21-25-34)42-27-26-37-28-35-12-4-5-13-36(35)29-43(37)46-42/h1-29H. The van der Waals surface area contributed by atoms with Crippen molar-refractivity contribution in [2.75, 3.05) is 0 Å². The maximum atomic E-state index is 5.07. The van der Waals surface area contributed by atoms with Crippen LogP contribution < -0.4 is 0 Å². The highest BCUT2D eigenvalue weighted by Gasteiger charge is 2.17. The van der Waals surface area contributed by atoms with Crippen molar-refractivity contribution in [3.63, 3.8) is 0 Å². The van der Waals surface area contributed by atoms with Crippen molar-refractivity contribution in [1.29, 1.82) is 0 Å². The highest BCUT2D eigenvalue weighted by atomic mass is 14.7. The molecule has 0 atom stereocenters. The van der Waals surface area contributed by atoms with E-state index in [1.807, 2.05) is 0 Å². The molecule has 0 fully saturated rings. The molecule has 0 aliphatic carbocycles. The third kappa shape index (κ3) is 4.45. The molecule has 1 heteroatoms. The molecule has 1 aromatic heterocycles. The summed E-state index contributed by atoms with van der Waals surface area (Å²) in [5.41, 5.74) is 10.5. The molecule has 0 spiro atoms. The third-order valence-corrected chi connectivity index (χ3v) is 9.24. The predicted octanol–water partition coefficient (Wildman–Crippen LogP) is 12.4.